The van der Waals surface area contributed by atoms with Crippen LogP contribution in [-0.4, -0.2) is 40.5 Å². The summed E-state index contributed by atoms with van der Waals surface area (Å²) in [5.41, 5.74) is 3.17. The Labute approximate surface area is 213 Å². The van der Waals surface area contributed by atoms with Gasteiger partial charge in [-0.15, -0.1) is 0 Å². The Balaban J connectivity index is 1.61. The van der Waals surface area contributed by atoms with Crippen LogP contribution in [0.2, 0.25) is 0 Å². The molecule has 37 heavy (non-hydrogen) atoms. The van der Waals surface area contributed by atoms with E-state index in [-0.39, 0.29) is 23.2 Å². The summed E-state index contributed by atoms with van der Waals surface area (Å²) < 4.78 is 0. The van der Waals surface area contributed by atoms with Gasteiger partial charge in [0.15, 0.2) is 17.1 Å². The molecule has 0 bridgehead atoms. The van der Waals surface area contributed by atoms with Gasteiger partial charge in [-0.2, -0.15) is 0 Å². The molecule has 0 amide bonds. The number of carbonyl (C=O) groups excluding carboxylic acids is 2. The van der Waals surface area contributed by atoms with Crippen LogP contribution in [0.5, 0.6) is 0 Å². The number of benzene rings is 4. The normalized spacial score (nSPS) is 20.3. The quantitative estimate of drug-likeness (QED) is 0.215. The van der Waals surface area contributed by atoms with Crippen molar-refractivity contribution in [3.05, 3.63) is 135 Å². The second-order valence-corrected chi connectivity index (χ2v) is 10.1. The van der Waals surface area contributed by atoms with Gasteiger partial charge in [0.2, 0.25) is 0 Å². The first-order chi connectivity index (χ1) is 17.9. The number of nitro groups is 1. The minimum absolute atomic E-state index is 0.00603. The fourth-order valence-corrected chi connectivity index (χ4v) is 7.40. The SMILES string of the molecule is CN1CC(c2ccc([N+](=O)[O-])cc2)C2(c3ccccc3-c3ccccc32)C12C(=O)c1ccccc1C2=O. The average Bonchev–Trinajstić information content (AvgIpc) is 3.47. The second kappa shape index (κ2) is 7.31. The lowest BCUT2D eigenvalue weighted by atomic mass is 9.56. The third-order valence-corrected chi connectivity index (χ3v) is 8.70. The molecule has 2 spiro atoms. The number of nitrogens with zero attached hydrogens (tertiary/aromatic N) is 2. The molecule has 1 fully saturated rings. The lowest BCUT2D eigenvalue weighted by Crippen LogP contribution is -2.63. The molecule has 4 aromatic rings. The number of likely N-dealkylation sites (N-methyl/N-ethyl adjacent to an activating group) is 1. The lowest BCUT2D eigenvalue weighted by Gasteiger charge is -2.45. The van der Waals surface area contributed by atoms with E-state index in [9.17, 15) is 19.7 Å². The van der Waals surface area contributed by atoms with Crippen LogP contribution in [0.4, 0.5) is 5.69 Å². The molecule has 1 heterocycles. The van der Waals surface area contributed by atoms with E-state index in [0.717, 1.165) is 27.8 Å². The largest absolute Gasteiger partial charge is 0.291 e. The maximum Gasteiger partial charge on any atom is 0.269 e. The molecular formula is C31H22N2O4. The number of non-ortho nitro benzene ring substituents is 1. The molecule has 1 unspecified atom stereocenters. The number of rotatable bonds is 2. The van der Waals surface area contributed by atoms with E-state index in [4.69, 9.17) is 0 Å². The Bertz CT molecular complexity index is 1580. The highest BCUT2D eigenvalue weighted by molar-refractivity contribution is 6.35. The minimum Gasteiger partial charge on any atom is -0.291 e. The van der Waals surface area contributed by atoms with Gasteiger partial charge in [-0.05, 0) is 34.9 Å². The van der Waals surface area contributed by atoms with Gasteiger partial charge in [-0.25, -0.2) is 0 Å². The van der Waals surface area contributed by atoms with E-state index in [0.29, 0.717) is 17.7 Å². The summed E-state index contributed by atoms with van der Waals surface area (Å²) in [5.74, 6) is -0.677. The summed E-state index contributed by atoms with van der Waals surface area (Å²) in [6.07, 6.45) is 0. The average molecular weight is 487 g/mol. The van der Waals surface area contributed by atoms with Gasteiger partial charge in [0.25, 0.3) is 5.69 Å². The van der Waals surface area contributed by atoms with E-state index in [1.165, 1.54) is 12.1 Å². The zero-order valence-corrected chi connectivity index (χ0v) is 20.0. The summed E-state index contributed by atoms with van der Waals surface area (Å²) in [5, 5.41) is 11.4. The molecule has 2 aliphatic carbocycles. The van der Waals surface area contributed by atoms with Crippen LogP contribution in [-0.2, 0) is 5.41 Å². The van der Waals surface area contributed by atoms with Gasteiger partial charge < -0.3 is 0 Å². The Morgan fingerprint density at radius 2 is 1.19 bits per heavy atom. The molecule has 3 aliphatic rings. The summed E-state index contributed by atoms with van der Waals surface area (Å²) in [6, 6.07) is 29.7. The molecule has 0 N–H and O–H groups in total. The van der Waals surface area contributed by atoms with Gasteiger partial charge in [-0.3, -0.25) is 24.6 Å². The first-order valence-electron chi connectivity index (χ1n) is 12.3. The minimum atomic E-state index is -1.48. The van der Waals surface area contributed by atoms with Gasteiger partial charge in [0.05, 0.1) is 10.3 Å². The highest BCUT2D eigenvalue weighted by Crippen LogP contribution is 2.67. The Morgan fingerprint density at radius 3 is 1.68 bits per heavy atom. The molecule has 0 radical (unpaired) electrons. The van der Waals surface area contributed by atoms with Crippen LogP contribution in [0.3, 0.4) is 0 Å². The number of carbonyl (C=O) groups is 2. The lowest BCUT2D eigenvalue weighted by molar-refractivity contribution is -0.384. The maximum absolute atomic E-state index is 14.6. The third kappa shape index (κ3) is 2.39. The first-order valence-corrected chi connectivity index (χ1v) is 12.3. The maximum atomic E-state index is 14.6. The van der Waals surface area contributed by atoms with Crippen molar-refractivity contribution in [3.63, 3.8) is 0 Å². The summed E-state index contributed by atoms with van der Waals surface area (Å²) in [6.45, 7) is 0.436. The van der Waals surface area contributed by atoms with E-state index >= 15 is 0 Å². The monoisotopic (exact) mass is 486 g/mol. The van der Waals surface area contributed by atoms with Gasteiger partial charge in [0, 0.05) is 35.7 Å². The zero-order chi connectivity index (χ0) is 25.5. The molecule has 0 aromatic heterocycles. The Hall–Kier alpha value is -4.42. The van der Waals surface area contributed by atoms with Crippen LogP contribution < -0.4 is 0 Å². The number of Topliss-reactive ketones (excluding diaryl/α,β-unsaturated/α-hetero) is 2. The molecule has 0 saturated carbocycles. The molecule has 1 aliphatic heterocycles. The fraction of sp³-hybridized carbons (Fsp3) is 0.161. The highest BCUT2D eigenvalue weighted by Gasteiger charge is 2.76. The summed E-state index contributed by atoms with van der Waals surface area (Å²) in [4.78, 5) is 42.1. The molecule has 1 atom stereocenters. The van der Waals surface area contributed by atoms with Crippen molar-refractivity contribution in [2.24, 2.45) is 0 Å². The van der Waals surface area contributed by atoms with Crippen LogP contribution in [0.15, 0.2) is 97.1 Å². The van der Waals surface area contributed by atoms with Gasteiger partial charge in [-0.1, -0.05) is 84.9 Å². The van der Waals surface area contributed by atoms with E-state index in [1.54, 1.807) is 36.4 Å². The van der Waals surface area contributed by atoms with Crippen molar-refractivity contribution in [1.29, 1.82) is 0 Å². The number of nitro benzene ring substituents is 1. The van der Waals surface area contributed by atoms with E-state index < -0.39 is 15.9 Å². The molecular weight excluding hydrogens is 464 g/mol. The van der Waals surface area contributed by atoms with Crippen molar-refractivity contribution in [1.82, 2.24) is 4.90 Å². The number of hydrogen-bond acceptors (Lipinski definition) is 5. The zero-order valence-electron chi connectivity index (χ0n) is 20.0. The standard InChI is InChI=1S/C31H22N2O4/c1-32-18-27(19-14-16-20(17-15-19)33(36)37)30(31(32)28(34)23-10-2-3-11-24(23)29(31)35)25-12-6-4-8-21(25)22-9-5-7-13-26(22)30/h2-17,27H,18H2,1H3. The van der Waals surface area contributed by atoms with E-state index in [1.807, 2.05) is 48.3 Å². The highest BCUT2D eigenvalue weighted by atomic mass is 16.6. The first kappa shape index (κ1) is 21.8. The number of likely N-dealkylation sites (tertiary alicyclic amines) is 1. The number of ketones is 2. The van der Waals surface area contributed by atoms with E-state index in [2.05, 4.69) is 12.1 Å². The molecule has 6 heteroatoms. The predicted octanol–water partition coefficient (Wildman–Crippen LogP) is 5.41. The molecule has 6 nitrogen and oxygen atoms in total. The molecule has 7 rings (SSSR count). The molecule has 4 aromatic carbocycles. The smallest absolute Gasteiger partial charge is 0.269 e. The fourth-order valence-electron chi connectivity index (χ4n) is 7.40. The van der Waals surface area contributed by atoms with Gasteiger partial charge in [0.1, 0.15) is 0 Å². The summed E-state index contributed by atoms with van der Waals surface area (Å²) in [7, 11) is 1.86. The topological polar surface area (TPSA) is 80.5 Å². The number of hydrogen-bond donors (Lipinski definition) is 0. The van der Waals surface area contributed by atoms with Crippen LogP contribution >= 0.6 is 0 Å². The second-order valence-electron chi connectivity index (χ2n) is 10.1. The van der Waals surface area contributed by atoms with Crippen LogP contribution in [0.1, 0.15) is 43.3 Å². The van der Waals surface area contributed by atoms with Crippen molar-refractivity contribution in [3.8, 4) is 11.1 Å². The molecule has 180 valence electrons. The van der Waals surface area contributed by atoms with Crippen molar-refractivity contribution in [2.45, 2.75) is 16.9 Å². The number of fused-ring (bicyclic) bond motifs is 7. The summed E-state index contributed by atoms with van der Waals surface area (Å²) >= 11 is 0. The Kier molecular flexibility index (Phi) is 4.31. The van der Waals surface area contributed by atoms with Crippen molar-refractivity contribution in [2.75, 3.05) is 13.6 Å². The molecule has 1 saturated heterocycles. The predicted molar refractivity (Wildman–Crippen MR) is 139 cm³/mol. The van der Waals surface area contributed by atoms with Crippen molar-refractivity contribution < 1.29 is 14.5 Å². The third-order valence-electron chi connectivity index (χ3n) is 8.70. The van der Waals surface area contributed by atoms with Crippen molar-refractivity contribution >= 4 is 17.3 Å². The van der Waals surface area contributed by atoms with Crippen LogP contribution in [0, 0.1) is 10.1 Å². The van der Waals surface area contributed by atoms with Gasteiger partial charge >= 0.3 is 0 Å². The Morgan fingerprint density at radius 1 is 0.730 bits per heavy atom. The van der Waals surface area contributed by atoms with Crippen LogP contribution in [0.25, 0.3) is 11.1 Å².